The molecule has 0 saturated carbocycles. The second kappa shape index (κ2) is 5.52. The lowest BCUT2D eigenvalue weighted by molar-refractivity contribution is 0.101. The highest BCUT2D eigenvalue weighted by atomic mass is 19.1. The molecule has 1 aromatic heterocycles. The smallest absolute Gasteiger partial charge is 0.264 e. The first-order valence-corrected chi connectivity index (χ1v) is 5.69. The summed E-state index contributed by atoms with van der Waals surface area (Å²) < 4.78 is 18.5. The number of hydrogen-bond acceptors (Lipinski definition) is 5. The van der Waals surface area contributed by atoms with Crippen molar-refractivity contribution < 1.29 is 19.0 Å². The Labute approximate surface area is 114 Å². The van der Waals surface area contributed by atoms with Crippen molar-refractivity contribution in [1.29, 1.82) is 0 Å². The first-order chi connectivity index (χ1) is 9.51. The molecule has 1 heterocycles. The van der Waals surface area contributed by atoms with Crippen molar-refractivity contribution in [2.75, 3.05) is 12.4 Å². The Morgan fingerprint density at radius 2 is 2.15 bits per heavy atom. The van der Waals surface area contributed by atoms with E-state index in [1.165, 1.54) is 19.2 Å². The summed E-state index contributed by atoms with van der Waals surface area (Å²) in [5.74, 6) is -1.89. The number of amides is 1. The van der Waals surface area contributed by atoms with Crippen molar-refractivity contribution in [3.05, 3.63) is 41.3 Å². The zero-order chi connectivity index (χ0) is 14.7. The van der Waals surface area contributed by atoms with E-state index in [2.05, 4.69) is 15.3 Å². The molecule has 0 aliphatic rings. The molecule has 104 valence electrons. The normalized spacial score (nSPS) is 10.2. The maximum absolute atomic E-state index is 13.5. The van der Waals surface area contributed by atoms with Crippen LogP contribution in [0.2, 0.25) is 0 Å². The van der Waals surface area contributed by atoms with E-state index in [4.69, 9.17) is 4.74 Å². The summed E-state index contributed by atoms with van der Waals surface area (Å²) in [5.41, 5.74) is 0.112. The predicted octanol–water partition coefficient (Wildman–Crippen LogP) is 1.89. The third kappa shape index (κ3) is 2.82. The first kappa shape index (κ1) is 13.7. The summed E-state index contributed by atoms with van der Waals surface area (Å²) in [7, 11) is 1.43. The van der Waals surface area contributed by atoms with Gasteiger partial charge in [-0.15, -0.1) is 0 Å². The Bertz CT molecular complexity index is 641. The van der Waals surface area contributed by atoms with Crippen LogP contribution in [0, 0.1) is 12.7 Å². The molecule has 0 bridgehead atoms. The Hall–Kier alpha value is -2.70. The van der Waals surface area contributed by atoms with E-state index in [1.54, 1.807) is 13.0 Å². The van der Waals surface area contributed by atoms with E-state index >= 15 is 0 Å². The molecule has 1 amide bonds. The molecule has 2 N–H and O–H groups in total. The maximum Gasteiger partial charge on any atom is 0.264 e. The van der Waals surface area contributed by atoms with Crippen LogP contribution in [0.3, 0.4) is 0 Å². The number of carbonyl (C=O) groups excluding carboxylic acids is 1. The number of hydrogen-bond donors (Lipinski definition) is 2. The standard InChI is InChI=1S/C13H12FN3O3/c1-7-6-10(20-2)16-13(15-7)17-12(19)11-8(14)4-3-5-9(11)18/h3-6,18H,1-2H3,(H,15,16,17,19). The van der Waals surface area contributed by atoms with Crippen LogP contribution in [0.25, 0.3) is 0 Å². The lowest BCUT2D eigenvalue weighted by Crippen LogP contribution is -2.16. The van der Waals surface area contributed by atoms with Gasteiger partial charge in [-0.3, -0.25) is 10.1 Å². The lowest BCUT2D eigenvalue weighted by atomic mass is 10.2. The number of aromatic nitrogens is 2. The predicted molar refractivity (Wildman–Crippen MR) is 69.3 cm³/mol. The van der Waals surface area contributed by atoms with Gasteiger partial charge in [-0.1, -0.05) is 6.07 Å². The van der Waals surface area contributed by atoms with Crippen LogP contribution in [0.5, 0.6) is 11.6 Å². The molecule has 0 fully saturated rings. The van der Waals surface area contributed by atoms with Crippen molar-refractivity contribution in [3.63, 3.8) is 0 Å². The molecule has 2 rings (SSSR count). The van der Waals surface area contributed by atoms with Crippen molar-refractivity contribution in [2.45, 2.75) is 6.92 Å². The van der Waals surface area contributed by atoms with Crippen LogP contribution in [0.15, 0.2) is 24.3 Å². The fraction of sp³-hybridized carbons (Fsp3) is 0.154. The highest BCUT2D eigenvalue weighted by molar-refractivity contribution is 6.05. The second-order valence-electron chi connectivity index (χ2n) is 3.96. The molecule has 6 nitrogen and oxygen atoms in total. The van der Waals surface area contributed by atoms with Gasteiger partial charge in [0.05, 0.1) is 7.11 Å². The van der Waals surface area contributed by atoms with Gasteiger partial charge in [-0.2, -0.15) is 4.98 Å². The molecule has 0 saturated heterocycles. The zero-order valence-corrected chi connectivity index (χ0v) is 10.8. The van der Waals surface area contributed by atoms with Gasteiger partial charge in [0.2, 0.25) is 11.8 Å². The quantitative estimate of drug-likeness (QED) is 0.895. The van der Waals surface area contributed by atoms with Gasteiger partial charge in [0.1, 0.15) is 17.1 Å². The van der Waals surface area contributed by atoms with Gasteiger partial charge >= 0.3 is 0 Å². The van der Waals surface area contributed by atoms with Gasteiger partial charge in [0.25, 0.3) is 5.91 Å². The van der Waals surface area contributed by atoms with E-state index < -0.39 is 23.0 Å². The fourth-order valence-corrected chi connectivity index (χ4v) is 1.60. The minimum atomic E-state index is -0.840. The monoisotopic (exact) mass is 277 g/mol. The van der Waals surface area contributed by atoms with Crippen molar-refractivity contribution >= 4 is 11.9 Å². The van der Waals surface area contributed by atoms with Crippen molar-refractivity contribution in [3.8, 4) is 11.6 Å². The van der Waals surface area contributed by atoms with Gasteiger partial charge < -0.3 is 9.84 Å². The van der Waals surface area contributed by atoms with Gasteiger partial charge in [-0.25, -0.2) is 9.37 Å². The third-order valence-electron chi connectivity index (χ3n) is 2.48. The SMILES string of the molecule is COc1cc(C)nc(NC(=O)c2c(O)cccc2F)n1. The largest absolute Gasteiger partial charge is 0.507 e. The third-order valence-corrected chi connectivity index (χ3v) is 2.48. The topological polar surface area (TPSA) is 84.3 Å². The zero-order valence-electron chi connectivity index (χ0n) is 10.8. The highest BCUT2D eigenvalue weighted by Crippen LogP contribution is 2.21. The van der Waals surface area contributed by atoms with Crippen LogP contribution < -0.4 is 10.1 Å². The lowest BCUT2D eigenvalue weighted by Gasteiger charge is -2.08. The van der Waals surface area contributed by atoms with Crippen LogP contribution >= 0.6 is 0 Å². The molecule has 7 heteroatoms. The highest BCUT2D eigenvalue weighted by Gasteiger charge is 2.18. The molecular formula is C13H12FN3O3. The summed E-state index contributed by atoms with van der Waals surface area (Å²) in [4.78, 5) is 19.8. The number of carbonyl (C=O) groups is 1. The number of methoxy groups -OCH3 is 1. The van der Waals surface area contributed by atoms with Crippen LogP contribution in [-0.4, -0.2) is 28.1 Å². The molecule has 0 spiro atoms. The Morgan fingerprint density at radius 1 is 1.40 bits per heavy atom. The van der Waals surface area contributed by atoms with Crippen LogP contribution in [0.1, 0.15) is 16.1 Å². The fourth-order valence-electron chi connectivity index (χ4n) is 1.60. The first-order valence-electron chi connectivity index (χ1n) is 5.69. The Morgan fingerprint density at radius 3 is 2.80 bits per heavy atom. The number of nitrogens with one attached hydrogen (secondary N) is 1. The molecule has 0 aliphatic heterocycles. The van der Waals surface area contributed by atoms with E-state index in [9.17, 15) is 14.3 Å². The van der Waals surface area contributed by atoms with Gasteiger partial charge in [0, 0.05) is 11.8 Å². The van der Waals surface area contributed by atoms with Crippen molar-refractivity contribution in [1.82, 2.24) is 9.97 Å². The van der Waals surface area contributed by atoms with Gasteiger partial charge in [0.15, 0.2) is 0 Å². The molecule has 2 aromatic rings. The number of rotatable bonds is 3. The van der Waals surface area contributed by atoms with Crippen molar-refractivity contribution in [2.24, 2.45) is 0 Å². The number of aromatic hydroxyl groups is 1. The average molecular weight is 277 g/mol. The molecule has 0 atom stereocenters. The maximum atomic E-state index is 13.5. The number of benzene rings is 1. The summed E-state index contributed by atoms with van der Waals surface area (Å²) >= 11 is 0. The number of nitrogens with zero attached hydrogens (tertiary/aromatic N) is 2. The number of aryl methyl sites for hydroxylation is 1. The van der Waals surface area contributed by atoms with E-state index in [1.807, 2.05) is 0 Å². The number of halogens is 1. The van der Waals surface area contributed by atoms with Gasteiger partial charge in [-0.05, 0) is 19.1 Å². The van der Waals surface area contributed by atoms with E-state index in [0.717, 1.165) is 6.07 Å². The minimum absolute atomic E-state index is 0.0329. The summed E-state index contributed by atoms with van der Waals surface area (Å²) in [6.07, 6.45) is 0. The minimum Gasteiger partial charge on any atom is -0.507 e. The number of phenolic OH excluding ortho intramolecular Hbond substituents is 1. The molecule has 20 heavy (non-hydrogen) atoms. The Kier molecular flexibility index (Phi) is 3.79. The number of anilines is 1. The second-order valence-corrected chi connectivity index (χ2v) is 3.96. The molecule has 0 radical (unpaired) electrons. The molecular weight excluding hydrogens is 265 g/mol. The molecule has 0 aliphatic carbocycles. The van der Waals surface area contributed by atoms with E-state index in [0.29, 0.717) is 5.69 Å². The average Bonchev–Trinajstić information content (AvgIpc) is 2.37. The van der Waals surface area contributed by atoms with Crippen LogP contribution in [0.4, 0.5) is 10.3 Å². The summed E-state index contributed by atoms with van der Waals surface area (Å²) in [5, 5.41) is 11.8. The number of ether oxygens (including phenoxy) is 1. The Balaban J connectivity index is 2.30. The van der Waals surface area contributed by atoms with Crippen LogP contribution in [-0.2, 0) is 0 Å². The number of phenols is 1. The molecule has 1 aromatic carbocycles. The summed E-state index contributed by atoms with van der Waals surface area (Å²) in [6, 6.07) is 5.17. The van der Waals surface area contributed by atoms with E-state index in [-0.39, 0.29) is 11.8 Å². The summed E-state index contributed by atoms with van der Waals surface area (Å²) in [6.45, 7) is 1.69. The molecule has 0 unspecified atom stereocenters.